The smallest absolute Gasteiger partial charge is 0.304 e. The standard InChI is InChI=1S/C8H14FNO2/c9-4-6-10(7-1-2-7)5-3-8(11)12/h7H,1-6H2,(H,11,12). The summed E-state index contributed by atoms with van der Waals surface area (Å²) in [5.74, 6) is -0.806. The van der Waals surface area contributed by atoms with Crippen molar-refractivity contribution in [3.63, 3.8) is 0 Å². The van der Waals surface area contributed by atoms with Crippen LogP contribution in [-0.4, -0.2) is 41.8 Å². The molecular formula is C8H14FNO2. The van der Waals surface area contributed by atoms with Crippen molar-refractivity contribution in [2.45, 2.75) is 25.3 Å². The van der Waals surface area contributed by atoms with Crippen LogP contribution in [0.2, 0.25) is 0 Å². The van der Waals surface area contributed by atoms with Crippen LogP contribution in [0.3, 0.4) is 0 Å². The Bertz CT molecular complexity index is 159. The third-order valence-corrected chi connectivity index (χ3v) is 2.05. The van der Waals surface area contributed by atoms with E-state index < -0.39 is 5.97 Å². The average molecular weight is 175 g/mol. The zero-order chi connectivity index (χ0) is 8.97. The van der Waals surface area contributed by atoms with E-state index in [1.54, 1.807) is 0 Å². The van der Waals surface area contributed by atoms with E-state index in [-0.39, 0.29) is 13.1 Å². The summed E-state index contributed by atoms with van der Waals surface area (Å²) in [5, 5.41) is 8.41. The van der Waals surface area contributed by atoms with Crippen molar-refractivity contribution in [1.29, 1.82) is 0 Å². The van der Waals surface area contributed by atoms with Gasteiger partial charge in [-0.3, -0.25) is 9.69 Å². The lowest BCUT2D eigenvalue weighted by atomic mass is 10.3. The number of aliphatic carboxylic acids is 1. The zero-order valence-corrected chi connectivity index (χ0v) is 7.00. The molecule has 0 saturated heterocycles. The van der Waals surface area contributed by atoms with Gasteiger partial charge in [-0.25, -0.2) is 4.39 Å². The lowest BCUT2D eigenvalue weighted by Crippen LogP contribution is -2.30. The molecule has 0 aromatic carbocycles. The maximum Gasteiger partial charge on any atom is 0.304 e. The van der Waals surface area contributed by atoms with Gasteiger partial charge in [-0.05, 0) is 12.8 Å². The van der Waals surface area contributed by atoms with Crippen molar-refractivity contribution in [1.82, 2.24) is 4.90 Å². The van der Waals surface area contributed by atoms with Crippen LogP contribution in [0.1, 0.15) is 19.3 Å². The highest BCUT2D eigenvalue weighted by Crippen LogP contribution is 2.26. The second-order valence-corrected chi connectivity index (χ2v) is 3.10. The number of carboxylic acids is 1. The fourth-order valence-corrected chi connectivity index (χ4v) is 1.26. The molecule has 0 unspecified atom stereocenters. The second kappa shape index (κ2) is 4.40. The maximum absolute atomic E-state index is 12.0. The Morgan fingerprint density at radius 2 is 2.17 bits per heavy atom. The molecule has 70 valence electrons. The number of nitrogens with zero attached hydrogens (tertiary/aromatic N) is 1. The molecule has 0 heterocycles. The monoisotopic (exact) mass is 175 g/mol. The Hall–Kier alpha value is -0.640. The molecule has 1 fully saturated rings. The fourth-order valence-electron chi connectivity index (χ4n) is 1.26. The molecule has 0 aromatic rings. The van der Waals surface area contributed by atoms with Crippen LogP contribution >= 0.6 is 0 Å². The van der Waals surface area contributed by atoms with E-state index in [4.69, 9.17) is 5.11 Å². The zero-order valence-electron chi connectivity index (χ0n) is 7.00. The van der Waals surface area contributed by atoms with Crippen molar-refractivity contribution in [2.75, 3.05) is 19.8 Å². The van der Waals surface area contributed by atoms with Gasteiger partial charge in [-0.2, -0.15) is 0 Å². The minimum absolute atomic E-state index is 0.122. The van der Waals surface area contributed by atoms with Crippen molar-refractivity contribution < 1.29 is 14.3 Å². The van der Waals surface area contributed by atoms with E-state index in [1.165, 1.54) is 0 Å². The highest BCUT2D eigenvalue weighted by Gasteiger charge is 2.28. The van der Waals surface area contributed by atoms with Crippen LogP contribution in [0.15, 0.2) is 0 Å². The summed E-state index contributed by atoms with van der Waals surface area (Å²) in [7, 11) is 0. The molecular weight excluding hydrogens is 161 g/mol. The molecule has 0 aliphatic heterocycles. The predicted molar refractivity (Wildman–Crippen MR) is 42.8 cm³/mol. The number of halogens is 1. The molecule has 0 spiro atoms. The molecule has 12 heavy (non-hydrogen) atoms. The van der Waals surface area contributed by atoms with Crippen LogP contribution in [0.5, 0.6) is 0 Å². The first-order chi connectivity index (χ1) is 5.74. The van der Waals surface area contributed by atoms with Crippen molar-refractivity contribution >= 4 is 5.97 Å². The van der Waals surface area contributed by atoms with Gasteiger partial charge in [0, 0.05) is 19.1 Å². The minimum atomic E-state index is -0.806. The third kappa shape index (κ3) is 3.17. The first-order valence-corrected chi connectivity index (χ1v) is 4.26. The first-order valence-electron chi connectivity index (χ1n) is 4.26. The number of hydrogen-bond donors (Lipinski definition) is 1. The quantitative estimate of drug-likeness (QED) is 0.652. The molecule has 1 aliphatic carbocycles. The molecule has 3 nitrogen and oxygen atoms in total. The summed E-state index contributed by atoms with van der Waals surface area (Å²) < 4.78 is 12.0. The van der Waals surface area contributed by atoms with Crippen LogP contribution in [0.25, 0.3) is 0 Å². The summed E-state index contributed by atoms with van der Waals surface area (Å²) in [6, 6.07) is 0.458. The highest BCUT2D eigenvalue weighted by molar-refractivity contribution is 5.66. The van der Waals surface area contributed by atoms with Gasteiger partial charge < -0.3 is 5.11 Å². The third-order valence-electron chi connectivity index (χ3n) is 2.05. The van der Waals surface area contributed by atoms with Crippen LogP contribution in [0.4, 0.5) is 4.39 Å². The molecule has 1 rings (SSSR count). The van der Waals surface area contributed by atoms with Gasteiger partial charge in [-0.15, -0.1) is 0 Å². The molecule has 1 aliphatic rings. The Balaban J connectivity index is 2.18. The summed E-state index contributed by atoms with van der Waals surface area (Å²) >= 11 is 0. The second-order valence-electron chi connectivity index (χ2n) is 3.10. The van der Waals surface area contributed by atoms with Gasteiger partial charge >= 0.3 is 5.97 Å². The average Bonchev–Trinajstić information content (AvgIpc) is 2.79. The fraction of sp³-hybridized carbons (Fsp3) is 0.875. The predicted octanol–water partition coefficient (Wildman–Crippen LogP) is 0.895. The number of carbonyl (C=O) groups is 1. The molecule has 0 radical (unpaired) electrons. The Morgan fingerprint density at radius 1 is 1.50 bits per heavy atom. The van der Waals surface area contributed by atoms with Gasteiger partial charge in [0.05, 0.1) is 6.42 Å². The molecule has 0 aromatic heterocycles. The van der Waals surface area contributed by atoms with E-state index >= 15 is 0 Å². The molecule has 1 N–H and O–H groups in total. The topological polar surface area (TPSA) is 40.5 Å². The lowest BCUT2D eigenvalue weighted by molar-refractivity contribution is -0.137. The molecule has 0 amide bonds. The van der Waals surface area contributed by atoms with Crippen LogP contribution in [-0.2, 0) is 4.79 Å². The molecule has 1 saturated carbocycles. The largest absolute Gasteiger partial charge is 0.481 e. The Kier molecular flexibility index (Phi) is 3.47. The van der Waals surface area contributed by atoms with E-state index in [0.29, 0.717) is 19.1 Å². The molecule has 0 bridgehead atoms. The minimum Gasteiger partial charge on any atom is -0.481 e. The van der Waals surface area contributed by atoms with Crippen molar-refractivity contribution in [3.05, 3.63) is 0 Å². The van der Waals surface area contributed by atoms with Gasteiger partial charge in [-0.1, -0.05) is 0 Å². The Labute approximate surface area is 71.2 Å². The number of rotatable bonds is 6. The number of alkyl halides is 1. The summed E-state index contributed by atoms with van der Waals surface area (Å²) in [4.78, 5) is 12.2. The van der Waals surface area contributed by atoms with E-state index in [2.05, 4.69) is 0 Å². The van der Waals surface area contributed by atoms with Crippen LogP contribution < -0.4 is 0 Å². The van der Waals surface area contributed by atoms with Gasteiger partial charge in [0.1, 0.15) is 6.67 Å². The normalized spacial score (nSPS) is 16.8. The van der Waals surface area contributed by atoms with Gasteiger partial charge in [0.25, 0.3) is 0 Å². The Morgan fingerprint density at radius 3 is 2.58 bits per heavy atom. The number of hydrogen-bond acceptors (Lipinski definition) is 2. The van der Waals surface area contributed by atoms with Gasteiger partial charge in [0.2, 0.25) is 0 Å². The van der Waals surface area contributed by atoms with Gasteiger partial charge in [0.15, 0.2) is 0 Å². The number of carboxylic acid groups (broad SMARTS) is 1. The first kappa shape index (κ1) is 9.45. The highest BCUT2D eigenvalue weighted by atomic mass is 19.1. The van der Waals surface area contributed by atoms with E-state index in [0.717, 1.165) is 12.8 Å². The molecule has 4 heteroatoms. The summed E-state index contributed by atoms with van der Waals surface area (Å²) in [5.41, 5.74) is 0. The van der Waals surface area contributed by atoms with Crippen molar-refractivity contribution in [3.8, 4) is 0 Å². The van der Waals surface area contributed by atoms with Crippen LogP contribution in [0, 0.1) is 0 Å². The van der Waals surface area contributed by atoms with E-state index in [9.17, 15) is 9.18 Å². The van der Waals surface area contributed by atoms with Crippen molar-refractivity contribution in [2.24, 2.45) is 0 Å². The maximum atomic E-state index is 12.0. The lowest BCUT2D eigenvalue weighted by Gasteiger charge is -2.18. The van der Waals surface area contributed by atoms with E-state index in [1.807, 2.05) is 4.90 Å². The molecule has 0 atom stereocenters. The summed E-state index contributed by atoms with van der Waals surface area (Å²) in [6.45, 7) is 0.498. The summed E-state index contributed by atoms with van der Waals surface area (Å²) in [6.07, 6.45) is 2.32. The SMILES string of the molecule is O=C(O)CCN(CCF)C1CC1.